The van der Waals surface area contributed by atoms with Crippen molar-refractivity contribution in [3.63, 3.8) is 0 Å². The zero-order valence-corrected chi connectivity index (χ0v) is 7.37. The van der Waals surface area contributed by atoms with E-state index in [-0.39, 0.29) is 0 Å². The number of aromatic nitrogens is 1. The number of nitrogens with two attached hydrogens (primary N) is 1. The van der Waals surface area contributed by atoms with Crippen LogP contribution < -0.4 is 11.2 Å². The van der Waals surface area contributed by atoms with Gasteiger partial charge in [-0.25, -0.2) is 10.2 Å². The third-order valence-corrected chi connectivity index (χ3v) is 1.46. The van der Waals surface area contributed by atoms with E-state index in [1.54, 1.807) is 13.8 Å². The SMILES string of the molecule is Cc1noc(C)c1C=NNC(N)=O. The minimum absolute atomic E-state index is 0.646. The molecule has 2 amide bonds. The summed E-state index contributed by atoms with van der Waals surface area (Å²) in [7, 11) is 0. The molecule has 0 bridgehead atoms. The van der Waals surface area contributed by atoms with Crippen LogP contribution >= 0.6 is 0 Å². The smallest absolute Gasteiger partial charge is 0.332 e. The maximum Gasteiger partial charge on any atom is 0.332 e. The van der Waals surface area contributed by atoms with Crippen LogP contribution in [0.1, 0.15) is 17.0 Å². The molecule has 0 aliphatic rings. The molecule has 1 rings (SSSR count). The van der Waals surface area contributed by atoms with E-state index in [4.69, 9.17) is 10.3 Å². The monoisotopic (exact) mass is 182 g/mol. The summed E-state index contributed by atoms with van der Waals surface area (Å²) in [4.78, 5) is 10.3. The summed E-state index contributed by atoms with van der Waals surface area (Å²) in [6.07, 6.45) is 1.44. The summed E-state index contributed by atoms with van der Waals surface area (Å²) in [5, 5.41) is 7.29. The average Bonchev–Trinajstić information content (AvgIpc) is 2.34. The van der Waals surface area contributed by atoms with Crippen molar-refractivity contribution in [2.75, 3.05) is 0 Å². The predicted molar refractivity (Wildman–Crippen MR) is 46.3 cm³/mol. The normalized spacial score (nSPS) is 10.6. The van der Waals surface area contributed by atoms with Gasteiger partial charge in [-0.15, -0.1) is 0 Å². The van der Waals surface area contributed by atoms with Crippen LogP contribution in [0.15, 0.2) is 9.62 Å². The van der Waals surface area contributed by atoms with Crippen molar-refractivity contribution < 1.29 is 9.32 Å². The van der Waals surface area contributed by atoms with Gasteiger partial charge in [-0.1, -0.05) is 5.16 Å². The number of amides is 2. The first kappa shape index (κ1) is 9.24. The molecule has 0 atom stereocenters. The van der Waals surface area contributed by atoms with Gasteiger partial charge in [0.15, 0.2) is 0 Å². The Labute approximate surface area is 74.8 Å². The van der Waals surface area contributed by atoms with Crippen molar-refractivity contribution in [3.05, 3.63) is 17.0 Å². The number of aryl methyl sites for hydroxylation is 2. The van der Waals surface area contributed by atoms with Crippen molar-refractivity contribution >= 4 is 12.2 Å². The van der Waals surface area contributed by atoms with Crippen LogP contribution in [0, 0.1) is 13.8 Å². The van der Waals surface area contributed by atoms with E-state index < -0.39 is 6.03 Å². The Morgan fingerprint density at radius 1 is 1.69 bits per heavy atom. The number of nitrogens with zero attached hydrogens (tertiary/aromatic N) is 2. The Kier molecular flexibility index (Phi) is 2.63. The molecule has 70 valence electrons. The first-order valence-electron chi connectivity index (χ1n) is 3.62. The molecule has 0 unspecified atom stereocenters. The summed E-state index contributed by atoms with van der Waals surface area (Å²) in [6.45, 7) is 3.54. The molecular weight excluding hydrogens is 172 g/mol. The largest absolute Gasteiger partial charge is 0.361 e. The minimum atomic E-state index is -0.706. The summed E-state index contributed by atoms with van der Waals surface area (Å²) >= 11 is 0. The molecule has 1 aromatic rings. The second kappa shape index (κ2) is 3.70. The Hall–Kier alpha value is -1.85. The zero-order chi connectivity index (χ0) is 9.84. The van der Waals surface area contributed by atoms with E-state index in [9.17, 15) is 4.79 Å². The van der Waals surface area contributed by atoms with Crippen LogP contribution in [0.4, 0.5) is 4.79 Å². The highest BCUT2D eigenvalue weighted by Crippen LogP contribution is 2.08. The fourth-order valence-electron chi connectivity index (χ4n) is 0.835. The van der Waals surface area contributed by atoms with Gasteiger partial charge in [0.1, 0.15) is 5.76 Å². The number of urea groups is 1. The molecule has 0 saturated heterocycles. The quantitative estimate of drug-likeness (QED) is 0.508. The number of carbonyl (C=O) groups is 1. The molecule has 0 radical (unpaired) electrons. The van der Waals surface area contributed by atoms with Gasteiger partial charge < -0.3 is 10.3 Å². The van der Waals surface area contributed by atoms with Gasteiger partial charge in [0, 0.05) is 0 Å². The number of primary amides is 1. The van der Waals surface area contributed by atoms with Crippen molar-refractivity contribution in [2.45, 2.75) is 13.8 Å². The number of hydrogen-bond donors (Lipinski definition) is 2. The summed E-state index contributed by atoms with van der Waals surface area (Å²) in [5.74, 6) is 0.646. The Morgan fingerprint density at radius 3 is 2.85 bits per heavy atom. The third-order valence-electron chi connectivity index (χ3n) is 1.46. The molecule has 0 aliphatic heterocycles. The first-order valence-corrected chi connectivity index (χ1v) is 3.62. The molecule has 0 spiro atoms. The maximum atomic E-state index is 10.3. The number of carbonyl (C=O) groups excluding carboxylic acids is 1. The van der Waals surface area contributed by atoms with Gasteiger partial charge in [0.25, 0.3) is 0 Å². The lowest BCUT2D eigenvalue weighted by atomic mass is 10.2. The number of hydrazone groups is 1. The second-order valence-corrected chi connectivity index (χ2v) is 2.47. The van der Waals surface area contributed by atoms with E-state index in [2.05, 4.69) is 15.7 Å². The Morgan fingerprint density at radius 2 is 2.38 bits per heavy atom. The highest BCUT2D eigenvalue weighted by atomic mass is 16.5. The molecule has 1 aromatic heterocycles. The van der Waals surface area contributed by atoms with Gasteiger partial charge in [0.2, 0.25) is 0 Å². The van der Waals surface area contributed by atoms with E-state index in [0.29, 0.717) is 11.5 Å². The van der Waals surface area contributed by atoms with Crippen molar-refractivity contribution in [1.82, 2.24) is 10.6 Å². The van der Waals surface area contributed by atoms with Crippen LogP contribution in [0.2, 0.25) is 0 Å². The Balaban J connectivity index is 2.73. The zero-order valence-electron chi connectivity index (χ0n) is 7.37. The van der Waals surface area contributed by atoms with Gasteiger partial charge in [-0.2, -0.15) is 5.10 Å². The molecule has 0 aromatic carbocycles. The molecule has 6 nitrogen and oxygen atoms in total. The molecule has 0 aliphatic carbocycles. The van der Waals surface area contributed by atoms with Crippen LogP contribution in [0.5, 0.6) is 0 Å². The van der Waals surface area contributed by atoms with E-state index in [1.165, 1.54) is 6.21 Å². The average molecular weight is 182 g/mol. The van der Waals surface area contributed by atoms with E-state index in [1.807, 2.05) is 0 Å². The Bertz CT molecular complexity index is 323. The molecule has 3 N–H and O–H groups in total. The van der Waals surface area contributed by atoms with Crippen LogP contribution in [-0.2, 0) is 0 Å². The fraction of sp³-hybridized carbons (Fsp3) is 0.286. The summed E-state index contributed by atoms with van der Waals surface area (Å²) in [5.41, 5.74) is 8.34. The van der Waals surface area contributed by atoms with Gasteiger partial charge in [-0.05, 0) is 13.8 Å². The molecule has 0 fully saturated rings. The number of rotatable bonds is 2. The van der Waals surface area contributed by atoms with Crippen molar-refractivity contribution in [1.29, 1.82) is 0 Å². The van der Waals surface area contributed by atoms with Crippen LogP contribution in [0.25, 0.3) is 0 Å². The standard InChI is InChI=1S/C7H10N4O2/c1-4-6(5(2)13-11-4)3-9-10-7(8)12/h3H,1-2H3,(H3,8,10,12). The molecule has 1 heterocycles. The predicted octanol–water partition coefficient (Wildman–Crippen LogP) is 0.294. The first-order chi connectivity index (χ1) is 6.11. The van der Waals surface area contributed by atoms with Crippen LogP contribution in [0.3, 0.4) is 0 Å². The van der Waals surface area contributed by atoms with Crippen LogP contribution in [-0.4, -0.2) is 17.4 Å². The molecule has 13 heavy (non-hydrogen) atoms. The van der Waals surface area contributed by atoms with Crippen molar-refractivity contribution in [3.8, 4) is 0 Å². The lowest BCUT2D eigenvalue weighted by Crippen LogP contribution is -2.24. The fourth-order valence-corrected chi connectivity index (χ4v) is 0.835. The maximum absolute atomic E-state index is 10.3. The van der Waals surface area contributed by atoms with E-state index in [0.717, 1.165) is 5.56 Å². The minimum Gasteiger partial charge on any atom is -0.361 e. The van der Waals surface area contributed by atoms with Crippen molar-refractivity contribution in [2.24, 2.45) is 10.8 Å². The summed E-state index contributed by atoms with van der Waals surface area (Å²) in [6, 6.07) is -0.706. The lowest BCUT2D eigenvalue weighted by Gasteiger charge is -1.90. The van der Waals surface area contributed by atoms with Gasteiger partial charge >= 0.3 is 6.03 Å². The van der Waals surface area contributed by atoms with Gasteiger partial charge in [0.05, 0.1) is 17.5 Å². The van der Waals surface area contributed by atoms with E-state index >= 15 is 0 Å². The second-order valence-electron chi connectivity index (χ2n) is 2.47. The highest BCUT2D eigenvalue weighted by molar-refractivity contribution is 5.83. The topological polar surface area (TPSA) is 93.5 Å². The molecule has 6 heteroatoms. The highest BCUT2D eigenvalue weighted by Gasteiger charge is 2.05. The number of nitrogens with one attached hydrogen (secondary N) is 1. The number of hydrogen-bond acceptors (Lipinski definition) is 4. The summed E-state index contributed by atoms with van der Waals surface area (Å²) < 4.78 is 4.87. The third kappa shape index (κ3) is 2.29. The molecule has 0 saturated carbocycles. The molecular formula is C7H10N4O2. The van der Waals surface area contributed by atoms with Gasteiger partial charge in [-0.3, -0.25) is 0 Å². The lowest BCUT2D eigenvalue weighted by molar-refractivity contribution is 0.249.